The Bertz CT molecular complexity index is 1240. The number of nitrogens with one attached hydrogen (secondary N) is 1. The molecule has 5 rings (SSSR count). The van der Waals surface area contributed by atoms with E-state index in [2.05, 4.69) is 5.32 Å². The topological polar surface area (TPSA) is 129 Å². The lowest BCUT2D eigenvalue weighted by atomic mass is 10.3. The van der Waals surface area contributed by atoms with E-state index in [1.54, 1.807) is 0 Å². The first-order valence-electron chi connectivity index (χ1n) is 10.4. The van der Waals surface area contributed by atoms with Crippen LogP contribution in [0.15, 0.2) is 38.8 Å². The van der Waals surface area contributed by atoms with Gasteiger partial charge in [-0.2, -0.15) is 0 Å². The van der Waals surface area contributed by atoms with E-state index >= 15 is 0 Å². The summed E-state index contributed by atoms with van der Waals surface area (Å²) < 4.78 is 35.6. The standard InChI is InChI=1S/C20H25N5O5S/c1-30-14-6-8-15(9-7-14)31(28,29)25-16-17(22-19(25)21)23(10-12-2-3-12)20(27)24(18(16)26)11-13-4-5-13/h6-9,12-13,19,22H,2-5,10-11,21H2,1H3. The van der Waals surface area contributed by atoms with Gasteiger partial charge in [-0.25, -0.2) is 17.5 Å². The third kappa shape index (κ3) is 3.41. The molecule has 1 aromatic carbocycles. The van der Waals surface area contributed by atoms with Crippen molar-refractivity contribution in [3.63, 3.8) is 0 Å². The van der Waals surface area contributed by atoms with Gasteiger partial charge in [0.25, 0.3) is 15.6 Å². The number of benzene rings is 1. The van der Waals surface area contributed by atoms with E-state index in [0.29, 0.717) is 24.8 Å². The van der Waals surface area contributed by atoms with Crippen molar-refractivity contribution in [3.8, 4) is 5.75 Å². The lowest BCUT2D eigenvalue weighted by Gasteiger charge is -2.22. The average Bonchev–Trinajstić information content (AvgIpc) is 3.68. The second-order valence-corrected chi connectivity index (χ2v) is 10.3. The Morgan fingerprint density at radius 3 is 2.16 bits per heavy atom. The Kier molecular flexibility index (Phi) is 4.63. The molecular formula is C20H25N5O5S. The maximum atomic E-state index is 13.5. The number of aromatic nitrogens is 2. The fourth-order valence-corrected chi connectivity index (χ4v) is 5.41. The number of hydrogen-bond acceptors (Lipinski definition) is 7. The molecule has 2 heterocycles. The number of sulfonamides is 1. The van der Waals surface area contributed by atoms with Crippen molar-refractivity contribution in [2.75, 3.05) is 16.7 Å². The van der Waals surface area contributed by atoms with Crippen LogP contribution in [-0.2, 0) is 23.1 Å². The number of nitrogens with two attached hydrogens (primary N) is 1. The molecule has 3 aliphatic rings. The first kappa shape index (κ1) is 20.1. The third-order valence-corrected chi connectivity index (χ3v) is 7.85. The molecule has 1 aliphatic heterocycles. The highest BCUT2D eigenvalue weighted by Crippen LogP contribution is 2.37. The van der Waals surface area contributed by atoms with Crippen molar-refractivity contribution in [1.29, 1.82) is 0 Å². The molecule has 166 valence electrons. The fourth-order valence-electron chi connectivity index (χ4n) is 3.95. The summed E-state index contributed by atoms with van der Waals surface area (Å²) in [4.78, 5) is 26.5. The summed E-state index contributed by atoms with van der Waals surface area (Å²) in [6.07, 6.45) is 2.72. The Morgan fingerprint density at radius 1 is 1.03 bits per heavy atom. The quantitative estimate of drug-likeness (QED) is 0.639. The molecule has 1 unspecified atom stereocenters. The van der Waals surface area contributed by atoms with Crippen LogP contribution in [-0.4, -0.2) is 31.0 Å². The van der Waals surface area contributed by atoms with Gasteiger partial charge in [0.05, 0.1) is 12.0 Å². The maximum absolute atomic E-state index is 13.5. The number of methoxy groups -OCH3 is 1. The number of fused-ring (bicyclic) bond motifs is 1. The lowest BCUT2D eigenvalue weighted by molar-refractivity contribution is 0.414. The van der Waals surface area contributed by atoms with Gasteiger partial charge in [0.2, 0.25) is 0 Å². The van der Waals surface area contributed by atoms with Gasteiger partial charge in [-0.1, -0.05) is 0 Å². The highest BCUT2D eigenvalue weighted by atomic mass is 32.2. The first-order chi connectivity index (χ1) is 14.8. The number of hydrogen-bond donors (Lipinski definition) is 2. The zero-order chi connectivity index (χ0) is 21.9. The molecule has 2 saturated carbocycles. The van der Waals surface area contributed by atoms with Gasteiger partial charge in [-0.15, -0.1) is 0 Å². The predicted octanol–water partition coefficient (Wildman–Crippen LogP) is 0.702. The van der Waals surface area contributed by atoms with Crippen LogP contribution >= 0.6 is 0 Å². The number of nitrogens with zero attached hydrogens (tertiary/aromatic N) is 3. The Balaban J connectivity index is 1.67. The molecule has 0 spiro atoms. The molecule has 1 aromatic heterocycles. The van der Waals surface area contributed by atoms with Gasteiger partial charge in [-0.3, -0.25) is 19.7 Å². The van der Waals surface area contributed by atoms with Gasteiger partial charge in [0, 0.05) is 13.1 Å². The molecule has 2 fully saturated rings. The Labute approximate surface area is 179 Å². The SMILES string of the molecule is COc1ccc(S(=O)(=O)N2c3c(n(CC4CC4)c(=O)n(CC4CC4)c3=O)NC2N)cc1. The highest BCUT2D eigenvalue weighted by molar-refractivity contribution is 7.93. The van der Waals surface area contributed by atoms with Crippen molar-refractivity contribution in [1.82, 2.24) is 9.13 Å². The monoisotopic (exact) mass is 447 g/mol. The van der Waals surface area contributed by atoms with E-state index in [0.717, 1.165) is 30.0 Å². The van der Waals surface area contributed by atoms with E-state index in [1.165, 1.54) is 40.5 Å². The normalized spacial score (nSPS) is 20.5. The molecular weight excluding hydrogens is 422 g/mol. The number of rotatable bonds is 7. The van der Waals surface area contributed by atoms with Gasteiger partial charge < -0.3 is 10.1 Å². The van der Waals surface area contributed by atoms with Crippen molar-refractivity contribution in [3.05, 3.63) is 45.1 Å². The summed E-state index contributed by atoms with van der Waals surface area (Å²) in [5.41, 5.74) is 5.02. The fraction of sp³-hybridized carbons (Fsp3) is 0.500. The molecule has 0 bridgehead atoms. The minimum atomic E-state index is -4.16. The summed E-state index contributed by atoms with van der Waals surface area (Å²) in [6, 6.07) is 5.87. The molecule has 0 amide bonds. The van der Waals surface area contributed by atoms with Gasteiger partial charge in [0.15, 0.2) is 12.0 Å². The summed E-state index contributed by atoms with van der Waals surface area (Å²) in [5.74, 6) is 1.30. The van der Waals surface area contributed by atoms with E-state index in [9.17, 15) is 18.0 Å². The molecule has 1 atom stereocenters. The molecule has 0 saturated heterocycles. The first-order valence-corrected chi connectivity index (χ1v) is 11.8. The summed E-state index contributed by atoms with van der Waals surface area (Å²) in [7, 11) is -2.67. The highest BCUT2D eigenvalue weighted by Gasteiger charge is 2.42. The second kappa shape index (κ2) is 7.13. The summed E-state index contributed by atoms with van der Waals surface area (Å²) in [5, 5.41) is 2.87. The zero-order valence-electron chi connectivity index (χ0n) is 17.2. The molecule has 0 radical (unpaired) electrons. The van der Waals surface area contributed by atoms with E-state index in [4.69, 9.17) is 10.5 Å². The van der Waals surface area contributed by atoms with Gasteiger partial charge >= 0.3 is 5.69 Å². The molecule has 2 aliphatic carbocycles. The minimum absolute atomic E-state index is 0.0218. The lowest BCUT2D eigenvalue weighted by Crippen LogP contribution is -2.48. The molecule has 10 nitrogen and oxygen atoms in total. The number of ether oxygens (including phenoxy) is 1. The second-order valence-electron chi connectivity index (χ2n) is 8.46. The van der Waals surface area contributed by atoms with Crippen LogP contribution < -0.4 is 31.3 Å². The molecule has 2 aromatic rings. The largest absolute Gasteiger partial charge is 0.497 e. The smallest absolute Gasteiger partial charge is 0.332 e. The van der Waals surface area contributed by atoms with Gasteiger partial charge in [-0.05, 0) is 61.8 Å². The molecule has 11 heteroatoms. The minimum Gasteiger partial charge on any atom is -0.497 e. The van der Waals surface area contributed by atoms with Crippen LogP contribution in [0.2, 0.25) is 0 Å². The van der Waals surface area contributed by atoms with Crippen LogP contribution in [0, 0.1) is 11.8 Å². The van der Waals surface area contributed by atoms with Crippen molar-refractivity contribution in [2.45, 2.75) is 50.0 Å². The summed E-state index contributed by atoms with van der Waals surface area (Å²) in [6.45, 7) is 0.726. The average molecular weight is 448 g/mol. The van der Waals surface area contributed by atoms with Crippen molar-refractivity contribution in [2.24, 2.45) is 17.6 Å². The Morgan fingerprint density at radius 2 is 1.61 bits per heavy atom. The van der Waals surface area contributed by atoms with E-state index < -0.39 is 27.6 Å². The van der Waals surface area contributed by atoms with Crippen molar-refractivity contribution >= 4 is 21.5 Å². The van der Waals surface area contributed by atoms with Gasteiger partial charge in [0.1, 0.15) is 11.6 Å². The maximum Gasteiger partial charge on any atom is 0.332 e. The number of anilines is 2. The van der Waals surface area contributed by atoms with E-state index in [1.807, 2.05) is 0 Å². The van der Waals surface area contributed by atoms with Crippen LogP contribution in [0.25, 0.3) is 0 Å². The van der Waals surface area contributed by atoms with Crippen molar-refractivity contribution < 1.29 is 13.2 Å². The van der Waals surface area contributed by atoms with E-state index in [-0.39, 0.29) is 22.3 Å². The molecule has 31 heavy (non-hydrogen) atoms. The zero-order valence-corrected chi connectivity index (χ0v) is 18.0. The summed E-state index contributed by atoms with van der Waals surface area (Å²) >= 11 is 0. The predicted molar refractivity (Wildman–Crippen MR) is 115 cm³/mol. The molecule has 3 N–H and O–H groups in total. The Hall–Kier alpha value is -2.79. The van der Waals surface area contributed by atoms with Crippen LogP contribution in [0.5, 0.6) is 5.75 Å². The third-order valence-electron chi connectivity index (χ3n) is 6.05. The van der Waals surface area contributed by atoms with Crippen LogP contribution in [0.4, 0.5) is 11.5 Å². The van der Waals surface area contributed by atoms with Crippen LogP contribution in [0.3, 0.4) is 0 Å². The van der Waals surface area contributed by atoms with Crippen LogP contribution in [0.1, 0.15) is 25.7 Å².